The molecular formula is C8H8N2O2. The summed E-state index contributed by atoms with van der Waals surface area (Å²) in [6.07, 6.45) is 1.67. The number of aromatic nitrogens is 1. The van der Waals surface area contributed by atoms with Crippen LogP contribution in [0.3, 0.4) is 0 Å². The molecule has 0 unspecified atom stereocenters. The zero-order valence-electron chi connectivity index (χ0n) is 6.59. The van der Waals surface area contributed by atoms with E-state index in [4.69, 9.17) is 0 Å². The Morgan fingerprint density at radius 3 is 3.17 bits per heavy atom. The first-order valence-electron chi connectivity index (χ1n) is 3.66. The van der Waals surface area contributed by atoms with Gasteiger partial charge in [0.25, 0.3) is 0 Å². The monoisotopic (exact) mass is 164 g/mol. The van der Waals surface area contributed by atoms with Gasteiger partial charge in [0, 0.05) is 5.56 Å². The van der Waals surface area contributed by atoms with Gasteiger partial charge in [-0.1, -0.05) is 0 Å². The van der Waals surface area contributed by atoms with E-state index in [2.05, 4.69) is 10.3 Å². The van der Waals surface area contributed by atoms with E-state index in [0.717, 1.165) is 11.1 Å². The number of aromatic hydroxyl groups is 1. The molecule has 0 aromatic carbocycles. The van der Waals surface area contributed by atoms with Gasteiger partial charge in [0.2, 0.25) is 5.91 Å². The fourth-order valence-electron chi connectivity index (χ4n) is 1.29. The first-order chi connectivity index (χ1) is 5.68. The SMILES string of the molecule is Cc1c(O)cnc2c1CC(=O)N2. The maximum atomic E-state index is 10.9. The molecule has 1 aromatic heterocycles. The molecule has 0 atom stereocenters. The van der Waals surface area contributed by atoms with Gasteiger partial charge in [0.15, 0.2) is 0 Å². The third-order valence-corrected chi connectivity index (χ3v) is 2.03. The van der Waals surface area contributed by atoms with Crippen molar-refractivity contribution >= 4 is 11.7 Å². The molecule has 1 aromatic rings. The van der Waals surface area contributed by atoms with Gasteiger partial charge in [-0.2, -0.15) is 0 Å². The lowest BCUT2D eigenvalue weighted by Gasteiger charge is -2.02. The summed E-state index contributed by atoms with van der Waals surface area (Å²) < 4.78 is 0. The minimum Gasteiger partial charge on any atom is -0.506 e. The van der Waals surface area contributed by atoms with Crippen LogP contribution in [0.2, 0.25) is 0 Å². The quantitative estimate of drug-likeness (QED) is 0.590. The Labute approximate surface area is 69.2 Å². The van der Waals surface area contributed by atoms with E-state index in [1.807, 2.05) is 0 Å². The molecule has 0 fully saturated rings. The third kappa shape index (κ3) is 0.845. The number of rotatable bonds is 0. The van der Waals surface area contributed by atoms with Crippen molar-refractivity contribution in [2.24, 2.45) is 0 Å². The van der Waals surface area contributed by atoms with Crippen molar-refractivity contribution in [1.29, 1.82) is 0 Å². The van der Waals surface area contributed by atoms with Gasteiger partial charge in [0.1, 0.15) is 11.6 Å². The van der Waals surface area contributed by atoms with Crippen molar-refractivity contribution in [3.05, 3.63) is 17.3 Å². The van der Waals surface area contributed by atoms with E-state index in [1.54, 1.807) is 6.92 Å². The van der Waals surface area contributed by atoms with Crippen LogP contribution in [-0.4, -0.2) is 16.0 Å². The van der Waals surface area contributed by atoms with Gasteiger partial charge in [-0.25, -0.2) is 4.98 Å². The van der Waals surface area contributed by atoms with Crippen molar-refractivity contribution in [3.8, 4) is 5.75 Å². The average molecular weight is 164 g/mol. The van der Waals surface area contributed by atoms with Gasteiger partial charge < -0.3 is 10.4 Å². The second-order valence-electron chi connectivity index (χ2n) is 2.82. The molecular weight excluding hydrogens is 156 g/mol. The maximum absolute atomic E-state index is 10.9. The number of hydrogen-bond donors (Lipinski definition) is 2. The lowest BCUT2D eigenvalue weighted by atomic mass is 10.1. The Morgan fingerprint density at radius 2 is 2.42 bits per heavy atom. The van der Waals surface area contributed by atoms with Crippen LogP contribution in [0.1, 0.15) is 11.1 Å². The molecule has 0 saturated carbocycles. The molecule has 0 radical (unpaired) electrons. The Bertz CT molecular complexity index is 360. The van der Waals surface area contributed by atoms with Crippen molar-refractivity contribution in [2.45, 2.75) is 13.3 Å². The maximum Gasteiger partial charge on any atom is 0.230 e. The van der Waals surface area contributed by atoms with Crippen LogP contribution in [0.5, 0.6) is 5.75 Å². The summed E-state index contributed by atoms with van der Waals surface area (Å²) in [5.41, 5.74) is 1.54. The summed E-state index contributed by atoms with van der Waals surface area (Å²) in [5, 5.41) is 11.9. The number of anilines is 1. The zero-order valence-corrected chi connectivity index (χ0v) is 6.59. The molecule has 2 N–H and O–H groups in total. The number of amides is 1. The highest BCUT2D eigenvalue weighted by Crippen LogP contribution is 2.28. The van der Waals surface area contributed by atoms with Gasteiger partial charge in [-0.3, -0.25) is 4.79 Å². The standard InChI is InChI=1S/C8H8N2O2/c1-4-5-2-7(12)10-8(5)9-3-6(4)11/h3,11H,2H2,1H3,(H,9,10,12). The van der Waals surface area contributed by atoms with Gasteiger partial charge in [-0.15, -0.1) is 0 Å². The Hall–Kier alpha value is -1.58. The highest BCUT2D eigenvalue weighted by Gasteiger charge is 2.21. The number of carbonyl (C=O) groups is 1. The lowest BCUT2D eigenvalue weighted by molar-refractivity contribution is -0.115. The van der Waals surface area contributed by atoms with E-state index in [9.17, 15) is 9.90 Å². The molecule has 2 rings (SSSR count). The van der Waals surface area contributed by atoms with E-state index in [0.29, 0.717) is 12.2 Å². The third-order valence-electron chi connectivity index (χ3n) is 2.03. The predicted molar refractivity (Wildman–Crippen MR) is 43.0 cm³/mol. The second-order valence-corrected chi connectivity index (χ2v) is 2.82. The van der Waals surface area contributed by atoms with Gasteiger partial charge in [-0.05, 0) is 12.5 Å². The molecule has 62 valence electrons. The van der Waals surface area contributed by atoms with E-state index in [1.165, 1.54) is 6.20 Å². The topological polar surface area (TPSA) is 62.2 Å². The molecule has 12 heavy (non-hydrogen) atoms. The first-order valence-corrected chi connectivity index (χ1v) is 3.66. The Balaban J connectivity index is 2.61. The summed E-state index contributed by atoms with van der Waals surface area (Å²) in [4.78, 5) is 14.8. The minimum absolute atomic E-state index is 0.0637. The summed E-state index contributed by atoms with van der Waals surface area (Å²) in [7, 11) is 0. The normalized spacial score (nSPS) is 14.2. The molecule has 0 bridgehead atoms. The van der Waals surface area contributed by atoms with Gasteiger partial charge >= 0.3 is 0 Å². The van der Waals surface area contributed by atoms with Crippen LogP contribution < -0.4 is 5.32 Å². The molecule has 2 heterocycles. The molecule has 4 nitrogen and oxygen atoms in total. The van der Waals surface area contributed by atoms with Crippen LogP contribution in [0, 0.1) is 6.92 Å². The zero-order chi connectivity index (χ0) is 8.72. The number of nitrogens with one attached hydrogen (secondary N) is 1. The molecule has 0 saturated heterocycles. The predicted octanol–water partition coefficient (Wildman–Crippen LogP) is 0.590. The van der Waals surface area contributed by atoms with Crippen LogP contribution >= 0.6 is 0 Å². The fourth-order valence-corrected chi connectivity index (χ4v) is 1.29. The number of carbonyl (C=O) groups excluding carboxylic acids is 1. The average Bonchev–Trinajstić information content (AvgIpc) is 2.39. The number of fused-ring (bicyclic) bond motifs is 1. The van der Waals surface area contributed by atoms with Crippen LogP contribution in [-0.2, 0) is 11.2 Å². The molecule has 0 aliphatic carbocycles. The van der Waals surface area contributed by atoms with Gasteiger partial charge in [0.05, 0.1) is 12.6 Å². The summed E-state index contributed by atoms with van der Waals surface area (Å²) >= 11 is 0. The molecule has 1 amide bonds. The summed E-state index contributed by atoms with van der Waals surface area (Å²) in [6.45, 7) is 1.77. The second kappa shape index (κ2) is 2.20. The van der Waals surface area contributed by atoms with Crippen LogP contribution in [0.15, 0.2) is 6.20 Å². The van der Waals surface area contributed by atoms with Crippen LogP contribution in [0.4, 0.5) is 5.82 Å². The van der Waals surface area contributed by atoms with Crippen molar-refractivity contribution in [3.63, 3.8) is 0 Å². The van der Waals surface area contributed by atoms with E-state index in [-0.39, 0.29) is 11.7 Å². The van der Waals surface area contributed by atoms with Crippen molar-refractivity contribution < 1.29 is 9.90 Å². The Morgan fingerprint density at radius 1 is 1.67 bits per heavy atom. The molecule has 1 aliphatic rings. The number of nitrogens with zero attached hydrogens (tertiary/aromatic N) is 1. The summed E-state index contributed by atoms with van der Waals surface area (Å²) in [6, 6.07) is 0. The first kappa shape index (κ1) is 7.09. The largest absolute Gasteiger partial charge is 0.506 e. The van der Waals surface area contributed by atoms with E-state index >= 15 is 0 Å². The lowest BCUT2D eigenvalue weighted by Crippen LogP contribution is -2.04. The minimum atomic E-state index is -0.0637. The smallest absolute Gasteiger partial charge is 0.230 e. The number of hydrogen-bond acceptors (Lipinski definition) is 3. The van der Waals surface area contributed by atoms with Crippen molar-refractivity contribution in [2.75, 3.05) is 5.32 Å². The fraction of sp³-hybridized carbons (Fsp3) is 0.250. The summed E-state index contributed by atoms with van der Waals surface area (Å²) in [5.74, 6) is 0.659. The van der Waals surface area contributed by atoms with E-state index < -0.39 is 0 Å². The molecule has 4 heteroatoms. The highest BCUT2D eigenvalue weighted by atomic mass is 16.3. The molecule has 1 aliphatic heterocycles. The van der Waals surface area contributed by atoms with Crippen LogP contribution in [0.25, 0.3) is 0 Å². The number of pyridine rings is 1. The Kier molecular flexibility index (Phi) is 1.30. The molecule has 0 spiro atoms. The highest BCUT2D eigenvalue weighted by molar-refractivity contribution is 5.98. The van der Waals surface area contributed by atoms with Crippen molar-refractivity contribution in [1.82, 2.24) is 4.98 Å².